The van der Waals surface area contributed by atoms with Gasteiger partial charge in [0.15, 0.2) is 9.84 Å². The first kappa shape index (κ1) is 42.9. The number of fused-ring (bicyclic) bond motifs is 1. The predicted octanol–water partition coefficient (Wildman–Crippen LogP) is 6.69. The van der Waals surface area contributed by atoms with E-state index in [-0.39, 0.29) is 30.7 Å². The van der Waals surface area contributed by atoms with Gasteiger partial charge >= 0.3 is 11.9 Å². The zero-order chi connectivity index (χ0) is 36.1. The van der Waals surface area contributed by atoms with Gasteiger partial charge in [-0.3, -0.25) is 14.5 Å². The Morgan fingerprint density at radius 1 is 0.833 bits per heavy atom. The Bertz CT molecular complexity index is 1300. The topological polar surface area (TPSA) is 145 Å². The Balaban J connectivity index is 0.00000150. The number of carboxylic acid groups (broad SMARTS) is 2. The maximum atomic E-state index is 13.4. The van der Waals surface area contributed by atoms with Crippen molar-refractivity contribution in [3.63, 3.8) is 0 Å². The third-order valence-electron chi connectivity index (χ3n) is 8.31. The second-order valence-electron chi connectivity index (χ2n) is 12.5. The van der Waals surface area contributed by atoms with Crippen LogP contribution < -0.4 is 9.64 Å². The lowest BCUT2D eigenvalue weighted by Gasteiger charge is -2.23. The lowest BCUT2D eigenvalue weighted by atomic mass is 9.82. The normalized spacial score (nSPS) is 16.3. The van der Waals surface area contributed by atoms with E-state index in [0.717, 1.165) is 68.2 Å². The number of hydrogen-bond acceptors (Lipinski definition) is 8. The summed E-state index contributed by atoms with van der Waals surface area (Å²) in [7, 11) is 1.53. The molecule has 0 radical (unpaired) electrons. The van der Waals surface area contributed by atoms with Gasteiger partial charge in [-0.2, -0.15) is 0 Å². The molecule has 11 heteroatoms. The van der Waals surface area contributed by atoms with E-state index in [4.69, 9.17) is 20.1 Å². The van der Waals surface area contributed by atoms with Gasteiger partial charge < -0.3 is 25.0 Å². The number of rotatable bonds is 18. The van der Waals surface area contributed by atoms with Crippen LogP contribution in [0.1, 0.15) is 102 Å². The minimum absolute atomic E-state index is 0.0300. The van der Waals surface area contributed by atoms with Crippen molar-refractivity contribution >= 4 is 27.5 Å². The molecule has 1 heterocycles. The molecule has 2 aromatic carbocycles. The van der Waals surface area contributed by atoms with Gasteiger partial charge in [0.1, 0.15) is 5.75 Å². The molecule has 10 nitrogen and oxygen atoms in total. The van der Waals surface area contributed by atoms with Crippen LogP contribution >= 0.6 is 0 Å². The molecular formula is C37H60N2O8S. The molecule has 0 aromatic heterocycles. The van der Waals surface area contributed by atoms with E-state index < -0.39 is 21.8 Å². The first-order chi connectivity index (χ1) is 22.9. The summed E-state index contributed by atoms with van der Waals surface area (Å²) in [5, 5.41) is 24.9. The number of benzene rings is 2. The first-order valence-electron chi connectivity index (χ1n) is 17.3. The Morgan fingerprint density at radius 2 is 1.44 bits per heavy atom. The fourth-order valence-electron chi connectivity index (χ4n) is 5.86. The van der Waals surface area contributed by atoms with Crippen molar-refractivity contribution in [2.45, 2.75) is 95.8 Å². The van der Waals surface area contributed by atoms with Crippen LogP contribution in [0.3, 0.4) is 0 Å². The van der Waals surface area contributed by atoms with Gasteiger partial charge in [0.2, 0.25) is 0 Å². The lowest BCUT2D eigenvalue weighted by Crippen LogP contribution is -2.35. The van der Waals surface area contributed by atoms with Crippen LogP contribution in [-0.4, -0.2) is 93.8 Å². The molecular weight excluding hydrogens is 632 g/mol. The Morgan fingerprint density at radius 3 is 1.96 bits per heavy atom. The molecule has 0 saturated carbocycles. The molecule has 2 atom stereocenters. The van der Waals surface area contributed by atoms with Crippen molar-refractivity contribution in [2.24, 2.45) is 5.92 Å². The number of ether oxygens (including phenoxy) is 1. The number of sulfone groups is 1. The average Bonchev–Trinajstić information content (AvgIpc) is 3.15. The number of aliphatic hydroxyl groups is 1. The third-order valence-corrected chi connectivity index (χ3v) is 10.3. The van der Waals surface area contributed by atoms with Crippen LogP contribution in [0.2, 0.25) is 0 Å². The van der Waals surface area contributed by atoms with Crippen molar-refractivity contribution < 1.29 is 38.1 Å². The Labute approximate surface area is 289 Å². The van der Waals surface area contributed by atoms with Crippen LogP contribution in [0.25, 0.3) is 0 Å². The molecule has 0 aliphatic carbocycles. The highest BCUT2D eigenvalue weighted by molar-refractivity contribution is 7.91. The minimum atomic E-state index is -3.39. The molecule has 3 rings (SSSR count). The SMILES string of the molecule is CCCCC.CCCCC1C[C@H](c2ccc(OCCCCCN(CC(=O)O)CC(=O)O)cc2)c2cc(N(C)C)ccc2S(=O)(=O)C1.CO. The molecule has 48 heavy (non-hydrogen) atoms. The summed E-state index contributed by atoms with van der Waals surface area (Å²) in [5.74, 6) is -1.10. The van der Waals surface area contributed by atoms with Crippen molar-refractivity contribution in [3.8, 4) is 5.75 Å². The summed E-state index contributed by atoms with van der Waals surface area (Å²) in [6, 6.07) is 13.6. The van der Waals surface area contributed by atoms with Gasteiger partial charge in [-0.25, -0.2) is 8.42 Å². The molecule has 0 bridgehead atoms. The summed E-state index contributed by atoms with van der Waals surface area (Å²) >= 11 is 0. The third kappa shape index (κ3) is 15.4. The van der Waals surface area contributed by atoms with E-state index in [9.17, 15) is 18.0 Å². The molecule has 1 aliphatic heterocycles. The van der Waals surface area contributed by atoms with E-state index in [2.05, 4.69) is 20.8 Å². The summed E-state index contributed by atoms with van der Waals surface area (Å²) < 4.78 is 32.8. The van der Waals surface area contributed by atoms with Crippen LogP contribution in [0.4, 0.5) is 5.69 Å². The summed E-state index contributed by atoms with van der Waals surface area (Å²) in [4.78, 5) is 25.7. The van der Waals surface area contributed by atoms with Crippen LogP contribution in [0.15, 0.2) is 47.4 Å². The number of aliphatic hydroxyl groups excluding tert-OH is 1. The Kier molecular flexibility index (Phi) is 20.8. The standard InChI is InChI=1S/C31H44N2O7S.C5H12.CH4O/c1-4-5-9-23-18-27(28-19-25(32(2)3)12-15-29(28)41(38,39)22-23)24-10-13-26(14-11-24)40-17-8-6-7-16-33(20-30(34)35)21-31(36)37;1-3-5-4-2;1-2/h10-15,19,23,27H,4-9,16-18,20-22H2,1-3H3,(H,34,35)(H,36,37);3-5H2,1-2H3;2H,1H3/t23?,27-;;/m1../s1. The highest BCUT2D eigenvalue weighted by Gasteiger charge is 2.34. The van der Waals surface area contributed by atoms with Gasteiger partial charge in [-0.1, -0.05) is 65.0 Å². The predicted molar refractivity (Wildman–Crippen MR) is 193 cm³/mol. The average molecular weight is 693 g/mol. The van der Waals surface area contributed by atoms with Crippen molar-refractivity contribution in [2.75, 3.05) is 58.1 Å². The zero-order valence-electron chi connectivity index (χ0n) is 30.0. The number of nitrogens with zero attached hydrogens (tertiary/aromatic N) is 2. The first-order valence-corrected chi connectivity index (χ1v) is 18.9. The minimum Gasteiger partial charge on any atom is -0.494 e. The van der Waals surface area contributed by atoms with E-state index >= 15 is 0 Å². The van der Waals surface area contributed by atoms with E-state index in [1.54, 1.807) is 6.07 Å². The number of unbranched alkanes of at least 4 members (excludes halogenated alkanes) is 5. The molecule has 272 valence electrons. The van der Waals surface area contributed by atoms with E-state index in [1.807, 2.05) is 55.4 Å². The van der Waals surface area contributed by atoms with Crippen molar-refractivity contribution in [1.82, 2.24) is 4.90 Å². The Hall–Kier alpha value is -3.15. The number of aliphatic carboxylic acids is 2. The van der Waals surface area contributed by atoms with Gasteiger partial charge in [-0.15, -0.1) is 0 Å². The zero-order valence-corrected chi connectivity index (χ0v) is 30.8. The fraction of sp³-hybridized carbons (Fsp3) is 0.622. The van der Waals surface area contributed by atoms with Gasteiger partial charge in [0.25, 0.3) is 0 Å². The smallest absolute Gasteiger partial charge is 0.317 e. The van der Waals surface area contributed by atoms with E-state index in [0.29, 0.717) is 24.5 Å². The summed E-state index contributed by atoms with van der Waals surface area (Å²) in [6.45, 7) is 6.87. The molecule has 0 amide bonds. The number of carbonyl (C=O) groups is 2. The second kappa shape index (κ2) is 23.2. The van der Waals surface area contributed by atoms with Crippen LogP contribution in [0, 0.1) is 5.92 Å². The molecule has 3 N–H and O–H groups in total. The van der Waals surface area contributed by atoms with Crippen LogP contribution in [0.5, 0.6) is 5.75 Å². The van der Waals surface area contributed by atoms with Gasteiger partial charge in [0.05, 0.1) is 30.3 Å². The van der Waals surface area contributed by atoms with Gasteiger partial charge in [-0.05, 0) is 86.0 Å². The van der Waals surface area contributed by atoms with Crippen LogP contribution in [-0.2, 0) is 19.4 Å². The summed E-state index contributed by atoms with van der Waals surface area (Å²) in [5.41, 5.74) is 2.92. The molecule has 0 fully saturated rings. The lowest BCUT2D eigenvalue weighted by molar-refractivity contribution is -0.141. The number of carboxylic acids is 2. The van der Waals surface area contributed by atoms with Gasteiger partial charge in [0, 0.05) is 32.8 Å². The maximum absolute atomic E-state index is 13.4. The monoisotopic (exact) mass is 692 g/mol. The number of hydrogen-bond donors (Lipinski definition) is 3. The molecule has 0 saturated heterocycles. The highest BCUT2D eigenvalue weighted by atomic mass is 32.2. The van der Waals surface area contributed by atoms with E-state index in [1.165, 1.54) is 24.2 Å². The molecule has 1 aliphatic rings. The van der Waals surface area contributed by atoms with Crippen molar-refractivity contribution in [3.05, 3.63) is 53.6 Å². The molecule has 1 unspecified atom stereocenters. The number of anilines is 1. The molecule has 0 spiro atoms. The highest BCUT2D eigenvalue weighted by Crippen LogP contribution is 2.42. The molecule has 2 aromatic rings. The summed E-state index contributed by atoms with van der Waals surface area (Å²) in [6.07, 6.45) is 10.0. The largest absolute Gasteiger partial charge is 0.494 e. The maximum Gasteiger partial charge on any atom is 0.317 e. The quantitative estimate of drug-likeness (QED) is 0.145. The fourth-order valence-corrected chi connectivity index (χ4v) is 7.80. The second-order valence-corrected chi connectivity index (χ2v) is 14.5. The van der Waals surface area contributed by atoms with Crippen molar-refractivity contribution in [1.29, 1.82) is 0 Å².